The van der Waals surface area contributed by atoms with E-state index in [4.69, 9.17) is 0 Å². The van der Waals surface area contributed by atoms with Gasteiger partial charge in [-0.2, -0.15) is 0 Å². The van der Waals surface area contributed by atoms with Crippen LogP contribution in [0.5, 0.6) is 0 Å². The Bertz CT molecular complexity index is 1390. The van der Waals surface area contributed by atoms with E-state index >= 15 is 0 Å². The number of hydrogen-bond donors (Lipinski definition) is 0. The largest absolute Gasteiger partial charge is 0.0988 e. The smallest absolute Gasteiger partial charge is 0.0707 e. The van der Waals surface area contributed by atoms with Crippen molar-refractivity contribution in [1.29, 1.82) is 0 Å². The van der Waals surface area contributed by atoms with Crippen molar-refractivity contribution in [2.45, 2.75) is 12.3 Å². The van der Waals surface area contributed by atoms with E-state index in [1.54, 1.807) is 0 Å². The zero-order valence-electron chi connectivity index (χ0n) is 18.4. The molecule has 0 bridgehead atoms. The van der Waals surface area contributed by atoms with Crippen molar-refractivity contribution in [2.75, 3.05) is 0 Å². The Morgan fingerprint density at radius 2 is 1.19 bits per heavy atom. The lowest BCUT2D eigenvalue weighted by molar-refractivity contribution is 0.772. The summed E-state index contributed by atoms with van der Waals surface area (Å²) in [6, 6.07) is 26.4. The van der Waals surface area contributed by atoms with Gasteiger partial charge in [0.05, 0.1) is 5.41 Å². The van der Waals surface area contributed by atoms with Crippen LogP contribution in [-0.4, -0.2) is 0 Å². The Kier molecular flexibility index (Phi) is 4.79. The second kappa shape index (κ2) is 7.66. The molecule has 0 radical (unpaired) electrons. The van der Waals surface area contributed by atoms with Crippen LogP contribution >= 0.6 is 0 Å². The van der Waals surface area contributed by atoms with Gasteiger partial charge in [-0.25, -0.2) is 0 Å². The van der Waals surface area contributed by atoms with Crippen LogP contribution in [-0.2, 0) is 5.41 Å². The summed E-state index contributed by atoms with van der Waals surface area (Å²) >= 11 is 0. The average Bonchev–Trinajstić information content (AvgIpc) is 3.10. The van der Waals surface area contributed by atoms with E-state index in [1.165, 1.54) is 43.8 Å². The molecule has 0 aromatic heterocycles. The monoisotopic (exact) mass is 410 g/mol. The predicted molar refractivity (Wildman–Crippen MR) is 140 cm³/mol. The standard InChI is InChI=1S/C32H26/c1-5-8-17-27(7-3)32(22(4)6-2)30-20-25-15-11-9-13-23(25)18-28(30)29-19-24-14-10-12-16-26(24)21-31(29)32/h5-21H,2-4H2,1H3/b8-5-,27-17+. The number of rotatable bonds is 5. The topological polar surface area (TPSA) is 0 Å². The van der Waals surface area contributed by atoms with Gasteiger partial charge in [-0.05, 0) is 86.1 Å². The highest BCUT2D eigenvalue weighted by Gasteiger charge is 2.46. The molecule has 0 aliphatic heterocycles. The third-order valence-electron chi connectivity index (χ3n) is 6.72. The SMILES string of the molecule is C=CC(=C)C1(/C(C=C)=C/C=C\C)c2cc3ccccc3cc2-c2cc3ccccc3cc21. The first-order chi connectivity index (χ1) is 15.6. The third-order valence-corrected chi connectivity index (χ3v) is 6.72. The fraction of sp³-hybridized carbons (Fsp3) is 0.0625. The molecule has 0 heterocycles. The minimum absolute atomic E-state index is 0.540. The quantitative estimate of drug-likeness (QED) is 0.289. The molecular weight excluding hydrogens is 384 g/mol. The summed E-state index contributed by atoms with van der Waals surface area (Å²) in [4.78, 5) is 0. The van der Waals surface area contributed by atoms with Gasteiger partial charge in [0.25, 0.3) is 0 Å². The Morgan fingerprint density at radius 1 is 0.719 bits per heavy atom. The summed E-state index contributed by atoms with van der Waals surface area (Å²) in [5, 5.41) is 4.92. The van der Waals surface area contributed by atoms with Crippen LogP contribution < -0.4 is 0 Å². The second-order valence-electron chi connectivity index (χ2n) is 8.32. The Morgan fingerprint density at radius 3 is 1.59 bits per heavy atom. The van der Waals surface area contributed by atoms with Crippen molar-refractivity contribution in [3.05, 3.63) is 145 Å². The molecule has 0 N–H and O–H groups in total. The molecule has 5 rings (SSSR count). The van der Waals surface area contributed by atoms with E-state index in [0.717, 1.165) is 11.1 Å². The maximum absolute atomic E-state index is 4.53. The van der Waals surface area contributed by atoms with Gasteiger partial charge in [0.1, 0.15) is 0 Å². The highest BCUT2D eigenvalue weighted by atomic mass is 14.5. The highest BCUT2D eigenvalue weighted by molar-refractivity contribution is 6.00. The zero-order chi connectivity index (χ0) is 22.3. The van der Waals surface area contributed by atoms with Crippen LogP contribution in [0.4, 0.5) is 0 Å². The van der Waals surface area contributed by atoms with E-state index in [9.17, 15) is 0 Å². The molecule has 1 aliphatic rings. The molecule has 0 nitrogen and oxygen atoms in total. The Labute approximate surface area is 190 Å². The van der Waals surface area contributed by atoms with Crippen LogP contribution in [0.1, 0.15) is 18.1 Å². The van der Waals surface area contributed by atoms with Crippen molar-refractivity contribution in [3.8, 4) is 11.1 Å². The summed E-state index contributed by atoms with van der Waals surface area (Å²) in [6.07, 6.45) is 10.2. The molecule has 0 spiro atoms. The average molecular weight is 411 g/mol. The zero-order valence-corrected chi connectivity index (χ0v) is 18.4. The minimum atomic E-state index is -0.540. The molecule has 154 valence electrons. The number of allylic oxidation sites excluding steroid dienone is 7. The first-order valence-electron chi connectivity index (χ1n) is 11.0. The van der Waals surface area contributed by atoms with E-state index < -0.39 is 5.41 Å². The summed E-state index contributed by atoms with van der Waals surface area (Å²) in [5.74, 6) is 0. The first kappa shape index (κ1) is 20.0. The van der Waals surface area contributed by atoms with Gasteiger partial charge in [-0.3, -0.25) is 0 Å². The van der Waals surface area contributed by atoms with E-state index in [-0.39, 0.29) is 0 Å². The Hall–Kier alpha value is -3.90. The van der Waals surface area contributed by atoms with E-state index in [2.05, 4.69) is 105 Å². The van der Waals surface area contributed by atoms with Gasteiger partial charge >= 0.3 is 0 Å². The molecule has 1 aliphatic carbocycles. The molecule has 0 atom stereocenters. The molecule has 4 aromatic carbocycles. The lowest BCUT2D eigenvalue weighted by atomic mass is 9.66. The lowest BCUT2D eigenvalue weighted by Gasteiger charge is -2.35. The molecule has 0 fully saturated rings. The number of benzene rings is 4. The molecule has 0 amide bonds. The molecule has 0 heteroatoms. The van der Waals surface area contributed by atoms with Crippen molar-refractivity contribution in [2.24, 2.45) is 0 Å². The lowest BCUT2D eigenvalue weighted by Crippen LogP contribution is -2.29. The first-order valence-corrected chi connectivity index (χ1v) is 11.0. The highest BCUT2D eigenvalue weighted by Crippen LogP contribution is 2.58. The predicted octanol–water partition coefficient (Wildman–Crippen LogP) is 8.69. The summed E-state index contributed by atoms with van der Waals surface area (Å²) < 4.78 is 0. The van der Waals surface area contributed by atoms with Gasteiger partial charge in [0.2, 0.25) is 0 Å². The molecule has 4 aromatic rings. The molecular formula is C32H26. The Balaban J connectivity index is 2.01. The summed E-state index contributed by atoms with van der Waals surface area (Å²) in [6.45, 7) is 14.9. The fourth-order valence-corrected chi connectivity index (χ4v) is 5.23. The number of hydrogen-bond acceptors (Lipinski definition) is 0. The van der Waals surface area contributed by atoms with Crippen molar-refractivity contribution in [1.82, 2.24) is 0 Å². The maximum atomic E-state index is 4.53. The van der Waals surface area contributed by atoms with Crippen LogP contribution in [0.25, 0.3) is 32.7 Å². The summed E-state index contributed by atoms with van der Waals surface area (Å²) in [7, 11) is 0. The minimum Gasteiger partial charge on any atom is -0.0988 e. The normalized spacial score (nSPS) is 14.5. The van der Waals surface area contributed by atoms with Crippen LogP contribution in [0.3, 0.4) is 0 Å². The molecule has 0 saturated heterocycles. The van der Waals surface area contributed by atoms with Gasteiger partial charge in [0.15, 0.2) is 0 Å². The van der Waals surface area contributed by atoms with Crippen molar-refractivity contribution < 1.29 is 0 Å². The van der Waals surface area contributed by atoms with E-state index in [1.807, 2.05) is 25.2 Å². The summed E-state index contributed by atoms with van der Waals surface area (Å²) in [5.41, 5.74) is 6.50. The number of fused-ring (bicyclic) bond motifs is 5. The van der Waals surface area contributed by atoms with Crippen LogP contribution in [0.2, 0.25) is 0 Å². The second-order valence-corrected chi connectivity index (χ2v) is 8.32. The van der Waals surface area contributed by atoms with Crippen LogP contribution in [0, 0.1) is 0 Å². The van der Waals surface area contributed by atoms with Crippen molar-refractivity contribution >= 4 is 21.5 Å². The molecule has 0 saturated carbocycles. The third kappa shape index (κ3) is 2.70. The van der Waals surface area contributed by atoms with Gasteiger partial charge in [-0.15, -0.1) is 0 Å². The fourth-order valence-electron chi connectivity index (χ4n) is 5.23. The van der Waals surface area contributed by atoms with Gasteiger partial charge < -0.3 is 0 Å². The van der Waals surface area contributed by atoms with Crippen LogP contribution in [0.15, 0.2) is 134 Å². The van der Waals surface area contributed by atoms with Gasteiger partial charge in [-0.1, -0.05) is 98.6 Å². The molecule has 32 heavy (non-hydrogen) atoms. The van der Waals surface area contributed by atoms with Crippen molar-refractivity contribution in [3.63, 3.8) is 0 Å². The molecule has 0 unspecified atom stereocenters. The maximum Gasteiger partial charge on any atom is 0.0707 e. The van der Waals surface area contributed by atoms with Gasteiger partial charge in [0, 0.05) is 0 Å². The van der Waals surface area contributed by atoms with E-state index in [0.29, 0.717) is 0 Å².